The van der Waals surface area contributed by atoms with Gasteiger partial charge in [0.25, 0.3) is 0 Å². The Morgan fingerprint density at radius 1 is 1.17 bits per heavy atom. The van der Waals surface area contributed by atoms with Crippen LogP contribution in [0.1, 0.15) is 5.56 Å². The van der Waals surface area contributed by atoms with Crippen molar-refractivity contribution >= 4 is 17.0 Å². The smallest absolute Gasteiger partial charge is 0.235 e. The molecule has 1 aliphatic rings. The Labute approximate surface area is 139 Å². The van der Waals surface area contributed by atoms with Gasteiger partial charge in [-0.3, -0.25) is 4.68 Å². The number of hydrogen-bond acceptors (Lipinski definition) is 6. The molecular formula is C17H19N5O2. The normalized spacial score (nSPS) is 15.0. The minimum atomic E-state index is 0.528. The first kappa shape index (κ1) is 14.9. The number of benzene rings is 1. The molecule has 124 valence electrons. The van der Waals surface area contributed by atoms with Crippen molar-refractivity contribution in [1.82, 2.24) is 19.7 Å². The lowest BCUT2D eigenvalue weighted by atomic mass is 10.2. The molecule has 2 aromatic heterocycles. The molecule has 0 atom stereocenters. The Kier molecular flexibility index (Phi) is 3.78. The highest BCUT2D eigenvalue weighted by atomic mass is 16.5. The monoisotopic (exact) mass is 325 g/mol. The maximum Gasteiger partial charge on any atom is 0.235 e. The maximum atomic E-state index is 6.05. The van der Waals surface area contributed by atoms with Crippen molar-refractivity contribution in [3.05, 3.63) is 36.0 Å². The fraction of sp³-hybridized carbons (Fsp3) is 0.353. The third-order valence-electron chi connectivity index (χ3n) is 4.04. The van der Waals surface area contributed by atoms with Crippen LogP contribution in [0.2, 0.25) is 0 Å². The highest BCUT2D eigenvalue weighted by molar-refractivity contribution is 5.81. The van der Waals surface area contributed by atoms with Crippen LogP contribution in [-0.2, 0) is 11.8 Å². The maximum absolute atomic E-state index is 6.05. The molecule has 0 aliphatic carbocycles. The van der Waals surface area contributed by atoms with E-state index >= 15 is 0 Å². The van der Waals surface area contributed by atoms with E-state index in [1.54, 1.807) is 10.9 Å². The van der Waals surface area contributed by atoms with Crippen LogP contribution in [0, 0.1) is 6.92 Å². The number of nitrogens with zero attached hydrogens (tertiary/aromatic N) is 5. The van der Waals surface area contributed by atoms with E-state index in [9.17, 15) is 0 Å². The number of fused-ring (bicyclic) bond motifs is 1. The van der Waals surface area contributed by atoms with Crippen LogP contribution < -0.4 is 9.64 Å². The van der Waals surface area contributed by atoms with E-state index in [2.05, 4.69) is 20.0 Å². The van der Waals surface area contributed by atoms with Crippen molar-refractivity contribution in [2.75, 3.05) is 31.2 Å². The van der Waals surface area contributed by atoms with Crippen molar-refractivity contribution in [2.45, 2.75) is 6.92 Å². The van der Waals surface area contributed by atoms with Crippen molar-refractivity contribution < 1.29 is 9.47 Å². The highest BCUT2D eigenvalue weighted by Gasteiger charge is 2.19. The summed E-state index contributed by atoms with van der Waals surface area (Å²) in [6.45, 7) is 4.94. The van der Waals surface area contributed by atoms with Gasteiger partial charge in [-0.25, -0.2) is 0 Å². The minimum Gasteiger partial charge on any atom is -0.438 e. The fourth-order valence-corrected chi connectivity index (χ4v) is 2.76. The molecule has 1 aliphatic heterocycles. The second kappa shape index (κ2) is 6.09. The molecule has 0 unspecified atom stereocenters. The summed E-state index contributed by atoms with van der Waals surface area (Å²) in [6, 6.07) is 7.91. The molecule has 7 nitrogen and oxygen atoms in total. The summed E-state index contributed by atoms with van der Waals surface area (Å²) in [5.74, 6) is 1.93. The fourth-order valence-electron chi connectivity index (χ4n) is 2.76. The zero-order valence-corrected chi connectivity index (χ0v) is 13.8. The zero-order valence-electron chi connectivity index (χ0n) is 13.8. The lowest BCUT2D eigenvalue weighted by Gasteiger charge is -2.27. The number of rotatable bonds is 3. The van der Waals surface area contributed by atoms with Crippen LogP contribution in [0.5, 0.6) is 11.6 Å². The molecule has 0 N–H and O–H groups in total. The number of morpholine rings is 1. The van der Waals surface area contributed by atoms with E-state index in [0.29, 0.717) is 25.0 Å². The largest absolute Gasteiger partial charge is 0.438 e. The molecule has 0 bridgehead atoms. The molecule has 1 saturated heterocycles. The number of aromatic nitrogens is 4. The van der Waals surface area contributed by atoms with E-state index in [1.807, 2.05) is 38.2 Å². The molecule has 7 heteroatoms. The lowest BCUT2D eigenvalue weighted by molar-refractivity contribution is 0.122. The first-order valence-corrected chi connectivity index (χ1v) is 7.98. The molecule has 1 aromatic carbocycles. The van der Waals surface area contributed by atoms with Gasteiger partial charge in [-0.2, -0.15) is 15.1 Å². The first-order chi connectivity index (χ1) is 11.7. The van der Waals surface area contributed by atoms with E-state index in [0.717, 1.165) is 35.4 Å². The van der Waals surface area contributed by atoms with Crippen LogP contribution in [0.3, 0.4) is 0 Å². The molecule has 3 heterocycles. The molecule has 1 fully saturated rings. The van der Waals surface area contributed by atoms with Crippen LogP contribution in [0.15, 0.2) is 30.5 Å². The van der Waals surface area contributed by atoms with Gasteiger partial charge in [-0.1, -0.05) is 12.1 Å². The molecule has 0 radical (unpaired) electrons. The standard InChI is InChI=1S/C17H19N5O2/c1-12-4-3-5-13(10-12)24-16-14-11-18-21(2)15(14)19-17(20-16)22-6-8-23-9-7-22/h3-5,10-11H,6-9H2,1-2H3. The average Bonchev–Trinajstić information content (AvgIpc) is 2.97. The molecule has 0 amide bonds. The van der Waals surface area contributed by atoms with E-state index in [4.69, 9.17) is 9.47 Å². The van der Waals surface area contributed by atoms with Gasteiger partial charge in [0.1, 0.15) is 11.1 Å². The Morgan fingerprint density at radius 2 is 2.00 bits per heavy atom. The van der Waals surface area contributed by atoms with Crippen molar-refractivity contribution in [3.8, 4) is 11.6 Å². The van der Waals surface area contributed by atoms with Gasteiger partial charge in [-0.05, 0) is 24.6 Å². The summed E-state index contributed by atoms with van der Waals surface area (Å²) in [6.07, 6.45) is 1.74. The predicted octanol–water partition coefficient (Wildman–Crippen LogP) is 2.30. The SMILES string of the molecule is Cc1cccc(Oc2nc(N3CCOCC3)nc3c2cnn3C)c1. The second-order valence-corrected chi connectivity index (χ2v) is 5.85. The molecule has 24 heavy (non-hydrogen) atoms. The van der Waals surface area contributed by atoms with Gasteiger partial charge in [0, 0.05) is 20.1 Å². The predicted molar refractivity (Wildman–Crippen MR) is 90.6 cm³/mol. The second-order valence-electron chi connectivity index (χ2n) is 5.85. The summed E-state index contributed by atoms with van der Waals surface area (Å²) >= 11 is 0. The van der Waals surface area contributed by atoms with Crippen LogP contribution >= 0.6 is 0 Å². The van der Waals surface area contributed by atoms with Gasteiger partial charge in [0.15, 0.2) is 5.65 Å². The Hall–Kier alpha value is -2.67. The first-order valence-electron chi connectivity index (χ1n) is 7.98. The summed E-state index contributed by atoms with van der Waals surface area (Å²) in [4.78, 5) is 11.4. The van der Waals surface area contributed by atoms with Crippen molar-refractivity contribution in [3.63, 3.8) is 0 Å². The van der Waals surface area contributed by atoms with Crippen molar-refractivity contribution in [1.29, 1.82) is 0 Å². The van der Waals surface area contributed by atoms with Gasteiger partial charge in [-0.15, -0.1) is 0 Å². The number of hydrogen-bond donors (Lipinski definition) is 0. The molecule has 0 saturated carbocycles. The van der Waals surface area contributed by atoms with E-state index < -0.39 is 0 Å². The van der Waals surface area contributed by atoms with Crippen LogP contribution in [0.4, 0.5) is 5.95 Å². The highest BCUT2D eigenvalue weighted by Crippen LogP contribution is 2.29. The minimum absolute atomic E-state index is 0.528. The lowest BCUT2D eigenvalue weighted by Crippen LogP contribution is -2.37. The number of ether oxygens (including phenoxy) is 2. The van der Waals surface area contributed by atoms with E-state index in [-0.39, 0.29) is 0 Å². The van der Waals surface area contributed by atoms with Crippen LogP contribution in [0.25, 0.3) is 11.0 Å². The average molecular weight is 325 g/mol. The van der Waals surface area contributed by atoms with Crippen molar-refractivity contribution in [2.24, 2.45) is 7.05 Å². The Balaban J connectivity index is 1.77. The molecular weight excluding hydrogens is 306 g/mol. The van der Waals surface area contributed by atoms with Gasteiger partial charge in [0.2, 0.25) is 11.8 Å². The third kappa shape index (κ3) is 2.78. The Bertz CT molecular complexity index is 871. The molecule has 3 aromatic rings. The summed E-state index contributed by atoms with van der Waals surface area (Å²) in [5.41, 5.74) is 1.89. The van der Waals surface area contributed by atoms with Gasteiger partial charge >= 0.3 is 0 Å². The number of aryl methyl sites for hydroxylation is 2. The summed E-state index contributed by atoms with van der Waals surface area (Å²) in [7, 11) is 1.87. The van der Waals surface area contributed by atoms with E-state index in [1.165, 1.54) is 0 Å². The van der Waals surface area contributed by atoms with Gasteiger partial charge in [0.05, 0.1) is 19.4 Å². The Morgan fingerprint density at radius 3 is 2.79 bits per heavy atom. The third-order valence-corrected chi connectivity index (χ3v) is 4.04. The van der Waals surface area contributed by atoms with Gasteiger partial charge < -0.3 is 14.4 Å². The summed E-state index contributed by atoms with van der Waals surface area (Å²) < 4.78 is 13.2. The quantitative estimate of drug-likeness (QED) is 0.736. The van der Waals surface area contributed by atoms with Crippen LogP contribution in [-0.4, -0.2) is 46.1 Å². The summed E-state index contributed by atoms with van der Waals surface area (Å²) in [5, 5.41) is 5.09. The zero-order chi connectivity index (χ0) is 16.5. The molecule has 0 spiro atoms. The number of anilines is 1. The molecule has 4 rings (SSSR count). The topological polar surface area (TPSA) is 65.3 Å².